The van der Waals surface area contributed by atoms with E-state index < -0.39 is 5.91 Å². The quantitative estimate of drug-likeness (QED) is 0.152. The first-order valence-corrected chi connectivity index (χ1v) is 10.7. The maximum atomic E-state index is 11.7. The van der Waals surface area contributed by atoms with Crippen LogP contribution in [0.5, 0.6) is 0 Å². The second kappa shape index (κ2) is 22.6. The number of unbranched alkanes of at least 4 members (excludes halogenated alkanes) is 9. The normalized spacial score (nSPS) is 10.6. The molecule has 0 heterocycles. The van der Waals surface area contributed by atoms with E-state index in [0.29, 0.717) is 13.0 Å². The molecule has 0 aromatic heterocycles. The van der Waals surface area contributed by atoms with Crippen LogP contribution in [0, 0.1) is 0 Å². The molecule has 0 unspecified atom stereocenters. The maximum absolute atomic E-state index is 11.7. The van der Waals surface area contributed by atoms with Crippen molar-refractivity contribution in [3.8, 4) is 0 Å². The molecule has 0 aromatic rings. The molecule has 0 spiro atoms. The first-order valence-electron chi connectivity index (χ1n) is 10.7. The van der Waals surface area contributed by atoms with Gasteiger partial charge in [-0.1, -0.05) is 85.5 Å². The van der Waals surface area contributed by atoms with Gasteiger partial charge in [-0.05, 0) is 6.42 Å². The van der Waals surface area contributed by atoms with Crippen molar-refractivity contribution >= 4 is 11.9 Å². The molecule has 0 fully saturated rings. The largest absolute Gasteiger partial charge is 1.00 e. The Morgan fingerprint density at radius 2 is 1.11 bits per heavy atom. The fourth-order valence-corrected chi connectivity index (χ4v) is 2.77. The smallest absolute Gasteiger partial charge is 1.00 e. The zero-order valence-corrected chi connectivity index (χ0v) is 23.5. The Morgan fingerprint density at radius 3 is 1.46 bits per heavy atom. The maximum Gasteiger partial charge on any atom is 1.00 e. The van der Waals surface area contributed by atoms with Crippen molar-refractivity contribution in [3.05, 3.63) is 0 Å². The Balaban J connectivity index is -0.000000521. The third-order valence-electron chi connectivity index (χ3n) is 4.52. The molecule has 1 N–H and O–H groups in total. The van der Waals surface area contributed by atoms with Crippen molar-refractivity contribution in [1.29, 1.82) is 0 Å². The van der Waals surface area contributed by atoms with Crippen molar-refractivity contribution in [2.75, 3.05) is 6.54 Å². The van der Waals surface area contributed by atoms with Gasteiger partial charge in [-0.25, -0.2) is 5.32 Å². The molecule has 0 aliphatic rings. The van der Waals surface area contributed by atoms with Gasteiger partial charge in [0, 0.05) is 25.8 Å². The first kappa shape index (κ1) is 33.5. The van der Waals surface area contributed by atoms with E-state index in [1.165, 1.54) is 51.4 Å². The molecule has 0 aromatic carbocycles. The Bertz CT molecular complexity index is 374. The molecule has 0 atom stereocenters. The molecule has 0 radical (unpaired) electrons. The van der Waals surface area contributed by atoms with Gasteiger partial charge in [0.05, 0.1) is 0 Å². The van der Waals surface area contributed by atoms with E-state index in [-0.39, 0.29) is 86.7 Å². The van der Waals surface area contributed by atoms with Crippen LogP contribution in [0.25, 0.3) is 0 Å². The molecule has 7 heteroatoms. The van der Waals surface area contributed by atoms with Crippen LogP contribution >= 0.6 is 0 Å². The molecule has 0 bridgehead atoms. The Morgan fingerprint density at radius 1 is 0.714 bits per heavy atom. The first-order chi connectivity index (χ1) is 12.5. The van der Waals surface area contributed by atoms with Crippen LogP contribution < -0.4 is 64.4 Å². The summed E-state index contributed by atoms with van der Waals surface area (Å²) in [7, 11) is 0. The summed E-state index contributed by atoms with van der Waals surface area (Å²) in [5.74, 6) is -2.06. The molecule has 0 saturated heterocycles. The number of rotatable bonds is 17. The van der Waals surface area contributed by atoms with Crippen LogP contribution in [-0.4, -0.2) is 24.4 Å². The summed E-state index contributed by atoms with van der Waals surface area (Å²) in [4.78, 5) is 23.4. The number of nitrogens with one attached hydrogen (secondary N) is 1. The van der Waals surface area contributed by atoms with E-state index in [2.05, 4.69) is 12.2 Å². The van der Waals surface area contributed by atoms with Gasteiger partial charge in [0.15, 0.2) is 0 Å². The second-order valence-electron chi connectivity index (χ2n) is 6.87. The summed E-state index contributed by atoms with van der Waals surface area (Å²) in [5, 5.41) is 3.15. The molecule has 5 nitrogen and oxygen atoms in total. The van der Waals surface area contributed by atoms with E-state index >= 15 is 0 Å². The van der Waals surface area contributed by atoms with Crippen LogP contribution in [-0.2, 0) is 19.1 Å². The van der Waals surface area contributed by atoms with Crippen LogP contribution in [0.15, 0.2) is 0 Å². The zero-order valence-electron chi connectivity index (χ0n) is 21.5. The second-order valence-corrected chi connectivity index (χ2v) is 6.87. The number of hydrogen-bond acceptors (Lipinski definition) is 5. The van der Waals surface area contributed by atoms with Gasteiger partial charge in [0.1, 0.15) is 0 Å². The van der Waals surface area contributed by atoms with Crippen molar-refractivity contribution in [2.45, 2.75) is 117 Å². The van der Waals surface area contributed by atoms with Gasteiger partial charge in [-0.15, -0.1) is 0 Å². The van der Waals surface area contributed by atoms with Gasteiger partial charge < -0.3 is 12.3 Å². The van der Waals surface area contributed by atoms with Crippen LogP contribution in [0.4, 0.5) is 0 Å². The molecule has 28 heavy (non-hydrogen) atoms. The third kappa shape index (κ3) is 17.7. The topological polar surface area (TPSA) is 64.6 Å². The molecular formula is C21H43NNa2O4. The number of hydrogen-bond donors (Lipinski definition) is 1. The summed E-state index contributed by atoms with van der Waals surface area (Å²) in [6.45, 7) is 8.21. The Kier molecular flexibility index (Phi) is 27.0. The van der Waals surface area contributed by atoms with Gasteiger partial charge >= 0.3 is 77.0 Å². The summed E-state index contributed by atoms with van der Waals surface area (Å²) in [6, 6.07) is 0. The molecular weight excluding hydrogens is 376 g/mol. The van der Waals surface area contributed by atoms with E-state index in [0.717, 1.165) is 12.8 Å². The monoisotopic (exact) mass is 419 g/mol. The molecule has 158 valence electrons. The van der Waals surface area contributed by atoms with Gasteiger partial charge in [0.2, 0.25) is 0 Å². The van der Waals surface area contributed by atoms with Crippen molar-refractivity contribution in [2.24, 2.45) is 0 Å². The molecule has 0 amide bonds. The zero-order chi connectivity index (χ0) is 19.7. The van der Waals surface area contributed by atoms with E-state index in [9.17, 15) is 9.59 Å². The average Bonchev–Trinajstić information content (AvgIpc) is 2.65. The van der Waals surface area contributed by atoms with Crippen molar-refractivity contribution in [3.63, 3.8) is 0 Å². The number of ether oxygens (including phenoxy) is 2. The van der Waals surface area contributed by atoms with Crippen LogP contribution in [0.3, 0.4) is 0 Å². The van der Waals surface area contributed by atoms with Gasteiger partial charge in [-0.3, -0.25) is 9.59 Å². The fourth-order valence-electron chi connectivity index (χ4n) is 2.77. The van der Waals surface area contributed by atoms with Crippen molar-refractivity contribution < 1.29 is 81.0 Å². The molecule has 0 rings (SSSR count). The van der Waals surface area contributed by atoms with Crippen molar-refractivity contribution in [1.82, 2.24) is 5.32 Å². The van der Waals surface area contributed by atoms with E-state index in [1.54, 1.807) is 13.8 Å². The average molecular weight is 420 g/mol. The number of carbonyl (C=O) groups excluding carboxylic acids is 2. The summed E-state index contributed by atoms with van der Waals surface area (Å²) in [5.41, 5.74) is 0. The van der Waals surface area contributed by atoms with E-state index in [1.807, 2.05) is 6.92 Å². The minimum atomic E-state index is -1.32. The van der Waals surface area contributed by atoms with Crippen LogP contribution in [0.2, 0.25) is 0 Å². The SMILES string of the molecule is CCCCCCCCCCCCNC(CC)(OC(=O)CC)OC(=O)CC.[H-].[H-].[Na+].[Na+]. The van der Waals surface area contributed by atoms with Crippen LogP contribution in [0.1, 0.15) is 114 Å². The Labute approximate surface area is 220 Å². The minimum absolute atomic E-state index is 0. The standard InChI is InChI=1S/C21H41NO4.2Na.2H/c1-5-9-10-11-12-13-14-15-16-17-18-22-21(8-4,25-19(23)6-2)26-20(24)7-3;;;;/h22H,5-18H2,1-4H3;;;;/q;2*+1;2*-1. The predicted molar refractivity (Wildman–Crippen MR) is 108 cm³/mol. The Hall–Kier alpha value is 0.900. The third-order valence-corrected chi connectivity index (χ3v) is 4.52. The molecule has 0 aliphatic heterocycles. The molecule has 0 saturated carbocycles. The van der Waals surface area contributed by atoms with Gasteiger partial charge in [0.25, 0.3) is 0 Å². The number of esters is 2. The minimum Gasteiger partial charge on any atom is -1.00 e. The summed E-state index contributed by atoms with van der Waals surface area (Å²) < 4.78 is 10.8. The number of carbonyl (C=O) groups is 2. The van der Waals surface area contributed by atoms with E-state index in [4.69, 9.17) is 9.47 Å². The van der Waals surface area contributed by atoms with Gasteiger partial charge in [-0.2, -0.15) is 0 Å². The molecule has 0 aliphatic carbocycles. The summed E-state index contributed by atoms with van der Waals surface area (Å²) >= 11 is 0. The predicted octanol–water partition coefficient (Wildman–Crippen LogP) is -0.300. The summed E-state index contributed by atoms with van der Waals surface area (Å²) in [6.07, 6.45) is 13.6. The fraction of sp³-hybridized carbons (Fsp3) is 0.905.